The number of aromatic nitrogens is 3. The van der Waals surface area contributed by atoms with Crippen LogP contribution < -0.4 is 5.32 Å². The van der Waals surface area contributed by atoms with Gasteiger partial charge in [-0.1, -0.05) is 5.21 Å². The van der Waals surface area contributed by atoms with Gasteiger partial charge in [-0.2, -0.15) is 0 Å². The van der Waals surface area contributed by atoms with Gasteiger partial charge in [0.2, 0.25) is 0 Å². The lowest BCUT2D eigenvalue weighted by Gasteiger charge is -2.17. The van der Waals surface area contributed by atoms with Crippen LogP contribution >= 0.6 is 0 Å². The van der Waals surface area contributed by atoms with E-state index in [4.69, 9.17) is 0 Å². The van der Waals surface area contributed by atoms with Crippen LogP contribution in [-0.2, 0) is 7.05 Å². The Morgan fingerprint density at radius 1 is 1.64 bits per heavy atom. The normalized spacial score (nSPS) is 16.3. The molecule has 0 aliphatic carbocycles. The van der Waals surface area contributed by atoms with E-state index >= 15 is 0 Å². The number of nitrogens with zero attached hydrogens (tertiary/aromatic N) is 3. The number of nitrogens with one attached hydrogen (secondary N) is 1. The Labute approximate surface area is 64.9 Å². The van der Waals surface area contributed by atoms with Gasteiger partial charge in [-0.15, -0.1) is 5.10 Å². The summed E-state index contributed by atoms with van der Waals surface area (Å²) in [6.45, 7) is 1.99. The molecule has 58 valence electrons. The summed E-state index contributed by atoms with van der Waals surface area (Å²) in [4.78, 5) is 0. The Morgan fingerprint density at radius 3 is 2.91 bits per heavy atom. The highest BCUT2D eigenvalue weighted by atomic mass is 15.4. The summed E-state index contributed by atoms with van der Waals surface area (Å²) in [7, 11) is 1.87. The predicted octanol–water partition coefficient (Wildman–Crippen LogP) is -0.198. The highest BCUT2D eigenvalue weighted by Gasteiger charge is 2.07. The van der Waals surface area contributed by atoms with Gasteiger partial charge in [0, 0.05) is 20.1 Å². The highest BCUT2D eigenvalue weighted by molar-refractivity contribution is 5.50. The number of aryl methyl sites for hydroxylation is 1. The molecule has 0 bridgehead atoms. The molecule has 1 aliphatic rings. The van der Waals surface area contributed by atoms with Gasteiger partial charge in [0.25, 0.3) is 0 Å². The zero-order valence-corrected chi connectivity index (χ0v) is 6.41. The van der Waals surface area contributed by atoms with E-state index in [1.165, 1.54) is 5.57 Å². The molecule has 4 heteroatoms. The number of hydrogen-bond donors (Lipinski definition) is 1. The Kier molecular flexibility index (Phi) is 1.47. The molecule has 0 saturated carbocycles. The first-order valence-corrected chi connectivity index (χ1v) is 3.61. The Bertz CT molecular complexity index is 280. The maximum atomic E-state index is 3.95. The van der Waals surface area contributed by atoms with Crippen LogP contribution in [0.25, 0.3) is 6.08 Å². The summed E-state index contributed by atoms with van der Waals surface area (Å²) < 4.78 is 1.71. The van der Waals surface area contributed by atoms with Gasteiger partial charge in [-0.25, -0.2) is 0 Å². The Balaban J connectivity index is 2.17. The van der Waals surface area contributed by atoms with Crippen molar-refractivity contribution in [3.8, 4) is 0 Å². The largest absolute Gasteiger partial charge is 0.309 e. The van der Waals surface area contributed by atoms with E-state index in [1.54, 1.807) is 4.68 Å². The fourth-order valence-electron chi connectivity index (χ4n) is 1.01. The van der Waals surface area contributed by atoms with Crippen molar-refractivity contribution >= 4 is 6.08 Å². The minimum absolute atomic E-state index is 0.948. The van der Waals surface area contributed by atoms with Gasteiger partial charge >= 0.3 is 0 Å². The fraction of sp³-hybridized carbons (Fsp3) is 0.429. The van der Waals surface area contributed by atoms with Gasteiger partial charge in [0.15, 0.2) is 0 Å². The number of rotatable bonds is 1. The van der Waals surface area contributed by atoms with Crippen LogP contribution in [0.3, 0.4) is 0 Å². The van der Waals surface area contributed by atoms with E-state index in [1.807, 2.05) is 13.2 Å². The average Bonchev–Trinajstić information content (AvgIpc) is 2.27. The first-order valence-electron chi connectivity index (χ1n) is 3.61. The lowest BCUT2D eigenvalue weighted by Crippen LogP contribution is -2.33. The van der Waals surface area contributed by atoms with Crippen molar-refractivity contribution in [2.45, 2.75) is 0 Å². The molecule has 1 aliphatic heterocycles. The second-order valence-electron chi connectivity index (χ2n) is 2.72. The van der Waals surface area contributed by atoms with Crippen LogP contribution in [0.5, 0.6) is 0 Å². The van der Waals surface area contributed by atoms with Gasteiger partial charge in [0.1, 0.15) is 5.69 Å². The fourth-order valence-corrected chi connectivity index (χ4v) is 1.01. The molecule has 1 aromatic rings. The number of hydrogen-bond acceptors (Lipinski definition) is 3. The van der Waals surface area contributed by atoms with Gasteiger partial charge in [-0.05, 0) is 11.6 Å². The molecule has 11 heavy (non-hydrogen) atoms. The third kappa shape index (κ3) is 1.30. The second kappa shape index (κ2) is 2.47. The lowest BCUT2D eigenvalue weighted by molar-refractivity contribution is 0.674. The molecule has 0 amide bonds. The molecule has 0 spiro atoms. The summed E-state index contributed by atoms with van der Waals surface area (Å²) in [6.07, 6.45) is 3.98. The maximum absolute atomic E-state index is 3.95. The van der Waals surface area contributed by atoms with Crippen molar-refractivity contribution in [1.29, 1.82) is 0 Å². The molecule has 1 N–H and O–H groups in total. The molecule has 1 saturated heterocycles. The molecule has 0 atom stereocenters. The summed E-state index contributed by atoms with van der Waals surface area (Å²) >= 11 is 0. The zero-order chi connectivity index (χ0) is 7.68. The van der Waals surface area contributed by atoms with Gasteiger partial charge < -0.3 is 5.32 Å². The van der Waals surface area contributed by atoms with Crippen molar-refractivity contribution in [3.05, 3.63) is 17.5 Å². The van der Waals surface area contributed by atoms with Crippen LogP contribution in [0.2, 0.25) is 0 Å². The zero-order valence-electron chi connectivity index (χ0n) is 6.41. The molecule has 0 aromatic carbocycles. The smallest absolute Gasteiger partial charge is 0.105 e. The molecule has 1 aromatic heterocycles. The molecule has 0 unspecified atom stereocenters. The van der Waals surface area contributed by atoms with Crippen LogP contribution in [0, 0.1) is 0 Å². The molecule has 2 heterocycles. The van der Waals surface area contributed by atoms with E-state index in [-0.39, 0.29) is 0 Å². The Morgan fingerprint density at radius 2 is 2.45 bits per heavy atom. The van der Waals surface area contributed by atoms with E-state index in [9.17, 15) is 0 Å². The van der Waals surface area contributed by atoms with Crippen LogP contribution in [-0.4, -0.2) is 28.1 Å². The molecule has 0 radical (unpaired) electrons. The lowest BCUT2D eigenvalue weighted by atomic mass is 10.1. The maximum Gasteiger partial charge on any atom is 0.105 e. The van der Waals surface area contributed by atoms with Crippen molar-refractivity contribution in [2.75, 3.05) is 13.1 Å². The molecule has 2 rings (SSSR count). The van der Waals surface area contributed by atoms with E-state index in [0.717, 1.165) is 18.8 Å². The van der Waals surface area contributed by atoms with Crippen molar-refractivity contribution in [1.82, 2.24) is 20.3 Å². The monoisotopic (exact) mass is 150 g/mol. The summed E-state index contributed by atoms with van der Waals surface area (Å²) in [5.41, 5.74) is 2.34. The highest BCUT2D eigenvalue weighted by Crippen LogP contribution is 2.06. The minimum Gasteiger partial charge on any atom is -0.309 e. The molecule has 4 nitrogen and oxygen atoms in total. The van der Waals surface area contributed by atoms with Gasteiger partial charge in [0.05, 0.1) is 6.20 Å². The average molecular weight is 150 g/mol. The third-order valence-corrected chi connectivity index (χ3v) is 1.68. The van der Waals surface area contributed by atoms with Crippen LogP contribution in [0.1, 0.15) is 5.69 Å². The summed E-state index contributed by atoms with van der Waals surface area (Å²) in [6, 6.07) is 0. The second-order valence-corrected chi connectivity index (χ2v) is 2.72. The van der Waals surface area contributed by atoms with Gasteiger partial charge in [-0.3, -0.25) is 4.68 Å². The first-order chi connectivity index (χ1) is 5.34. The van der Waals surface area contributed by atoms with E-state index in [2.05, 4.69) is 21.7 Å². The van der Waals surface area contributed by atoms with Crippen LogP contribution in [0.15, 0.2) is 11.8 Å². The summed E-state index contributed by atoms with van der Waals surface area (Å²) in [5, 5.41) is 10.9. The first kappa shape index (κ1) is 6.54. The topological polar surface area (TPSA) is 42.7 Å². The Hall–Kier alpha value is -1.16. The van der Waals surface area contributed by atoms with Crippen molar-refractivity contribution < 1.29 is 0 Å². The van der Waals surface area contributed by atoms with E-state index < -0.39 is 0 Å². The molecular weight excluding hydrogens is 140 g/mol. The van der Waals surface area contributed by atoms with Crippen LogP contribution in [0.4, 0.5) is 0 Å². The molecular formula is C7H10N4. The molecule has 1 fully saturated rings. The van der Waals surface area contributed by atoms with Crippen molar-refractivity contribution in [2.24, 2.45) is 7.05 Å². The standard InChI is InChI=1S/C7H10N4/c1-11-5-7(9-10-11)2-6-3-8-4-6/h2,5,8H,3-4H2,1H3. The SMILES string of the molecule is Cn1cc(C=C2CNC2)nn1. The third-order valence-electron chi connectivity index (χ3n) is 1.68. The summed E-state index contributed by atoms with van der Waals surface area (Å²) in [5.74, 6) is 0. The van der Waals surface area contributed by atoms with E-state index in [0.29, 0.717) is 0 Å². The quantitative estimate of drug-likeness (QED) is 0.603. The predicted molar refractivity (Wildman–Crippen MR) is 41.8 cm³/mol. The van der Waals surface area contributed by atoms with Crippen molar-refractivity contribution in [3.63, 3.8) is 0 Å². The minimum atomic E-state index is 0.948.